The van der Waals surface area contributed by atoms with Gasteiger partial charge in [-0.3, -0.25) is 0 Å². The molecule has 3 aromatic heterocycles. The molecule has 4 heterocycles. The number of aryl methyl sites for hydroxylation is 2. The lowest BCUT2D eigenvalue weighted by molar-refractivity contribution is 0.395. The second-order valence-electron chi connectivity index (χ2n) is 7.82. The van der Waals surface area contributed by atoms with Crippen molar-refractivity contribution < 1.29 is 4.74 Å². The highest BCUT2D eigenvalue weighted by Crippen LogP contribution is 2.32. The van der Waals surface area contributed by atoms with Crippen LogP contribution < -0.4 is 4.74 Å². The van der Waals surface area contributed by atoms with E-state index < -0.39 is 0 Å². The fraction of sp³-hybridized carbons (Fsp3) is 0.250. The van der Waals surface area contributed by atoms with Gasteiger partial charge in [0.15, 0.2) is 5.82 Å². The third-order valence-electron chi connectivity index (χ3n) is 5.61. The Morgan fingerprint density at radius 1 is 1.09 bits per heavy atom. The predicted molar refractivity (Wildman–Crippen MR) is 124 cm³/mol. The second kappa shape index (κ2) is 8.59. The van der Waals surface area contributed by atoms with Crippen molar-refractivity contribution in [1.29, 1.82) is 0 Å². The molecule has 1 unspecified atom stereocenters. The van der Waals surface area contributed by atoms with Crippen molar-refractivity contribution in [3.8, 4) is 11.6 Å². The molecule has 0 saturated carbocycles. The molecule has 0 aliphatic carbocycles. The van der Waals surface area contributed by atoms with E-state index in [0.717, 1.165) is 47.3 Å². The fourth-order valence-electron chi connectivity index (χ4n) is 4.05. The first-order chi connectivity index (χ1) is 15.6. The van der Waals surface area contributed by atoms with Gasteiger partial charge >= 0.3 is 0 Å². The zero-order valence-electron chi connectivity index (χ0n) is 17.9. The van der Waals surface area contributed by atoms with Gasteiger partial charge < -0.3 is 9.30 Å². The SMILES string of the molecule is COc1nc(C=Cc2nc3n(n2)CCCC3c2ccc(Cl)cc2)ccc1-n1cnc(C)c1. The zero-order valence-corrected chi connectivity index (χ0v) is 18.7. The third-order valence-corrected chi connectivity index (χ3v) is 5.86. The number of hydrogen-bond donors (Lipinski definition) is 0. The van der Waals surface area contributed by atoms with E-state index in [1.165, 1.54) is 5.56 Å². The highest BCUT2D eigenvalue weighted by molar-refractivity contribution is 6.30. The number of rotatable bonds is 5. The summed E-state index contributed by atoms with van der Waals surface area (Å²) in [4.78, 5) is 13.7. The van der Waals surface area contributed by atoms with Crippen molar-refractivity contribution in [2.75, 3.05) is 7.11 Å². The Labute approximate surface area is 191 Å². The van der Waals surface area contributed by atoms with E-state index in [0.29, 0.717) is 11.7 Å². The average Bonchev–Trinajstić information content (AvgIpc) is 3.43. The van der Waals surface area contributed by atoms with Crippen molar-refractivity contribution in [2.45, 2.75) is 32.2 Å². The molecule has 0 amide bonds. The molecule has 1 atom stereocenters. The Hall–Kier alpha value is -3.45. The topological polar surface area (TPSA) is 70.7 Å². The molecule has 162 valence electrons. The van der Waals surface area contributed by atoms with Crippen LogP contribution in [0.2, 0.25) is 5.02 Å². The normalized spacial score (nSPS) is 15.8. The number of ether oxygens (including phenoxy) is 1. The van der Waals surface area contributed by atoms with E-state index in [9.17, 15) is 0 Å². The van der Waals surface area contributed by atoms with Gasteiger partial charge in [-0.15, -0.1) is 0 Å². The van der Waals surface area contributed by atoms with Gasteiger partial charge in [-0.2, -0.15) is 5.10 Å². The van der Waals surface area contributed by atoms with Gasteiger partial charge in [-0.05, 0) is 61.7 Å². The highest BCUT2D eigenvalue weighted by atomic mass is 35.5. The summed E-state index contributed by atoms with van der Waals surface area (Å²) in [5, 5.41) is 5.43. The van der Waals surface area contributed by atoms with E-state index in [1.54, 1.807) is 13.4 Å². The largest absolute Gasteiger partial charge is 0.479 e. The van der Waals surface area contributed by atoms with Crippen LogP contribution in [0.1, 0.15) is 47.4 Å². The van der Waals surface area contributed by atoms with Crippen LogP contribution in [0.25, 0.3) is 17.8 Å². The molecular weight excluding hydrogens is 424 g/mol. The van der Waals surface area contributed by atoms with Crippen molar-refractivity contribution in [3.05, 3.63) is 82.5 Å². The standard InChI is InChI=1S/C24H23ClN6O/c1-16-14-30(15-26-16)21-11-9-19(27-24(21)32-2)10-12-22-28-23-20(4-3-13-31(23)29-22)17-5-7-18(25)8-6-17/h5-12,14-15,20H,3-4,13H2,1-2H3. The van der Waals surface area contributed by atoms with Gasteiger partial charge in [0.25, 0.3) is 0 Å². The summed E-state index contributed by atoms with van der Waals surface area (Å²) < 4.78 is 9.42. The first kappa shape index (κ1) is 20.5. The Bertz CT molecular complexity index is 1270. The van der Waals surface area contributed by atoms with Crippen LogP contribution in [-0.4, -0.2) is 36.4 Å². The van der Waals surface area contributed by atoms with E-state index in [2.05, 4.69) is 22.1 Å². The predicted octanol–water partition coefficient (Wildman–Crippen LogP) is 4.93. The maximum atomic E-state index is 6.06. The van der Waals surface area contributed by atoms with Crippen LogP contribution in [0.4, 0.5) is 0 Å². The van der Waals surface area contributed by atoms with Crippen LogP contribution in [-0.2, 0) is 6.54 Å². The first-order valence-corrected chi connectivity index (χ1v) is 10.9. The quantitative estimate of drug-likeness (QED) is 0.435. The van der Waals surface area contributed by atoms with Gasteiger partial charge in [0, 0.05) is 23.7 Å². The third kappa shape index (κ3) is 4.03. The molecule has 0 radical (unpaired) electrons. The Morgan fingerprint density at radius 3 is 2.69 bits per heavy atom. The van der Waals surface area contributed by atoms with Crippen molar-refractivity contribution in [3.63, 3.8) is 0 Å². The summed E-state index contributed by atoms with van der Waals surface area (Å²) in [6, 6.07) is 11.9. The monoisotopic (exact) mass is 446 g/mol. The summed E-state index contributed by atoms with van der Waals surface area (Å²) >= 11 is 6.06. The number of hydrogen-bond acceptors (Lipinski definition) is 5. The lowest BCUT2D eigenvalue weighted by Crippen LogP contribution is -2.17. The van der Waals surface area contributed by atoms with Crippen molar-refractivity contribution in [1.82, 2.24) is 29.3 Å². The molecule has 5 rings (SSSR count). The van der Waals surface area contributed by atoms with Crippen LogP contribution in [0.3, 0.4) is 0 Å². The minimum Gasteiger partial charge on any atom is -0.479 e. The number of pyridine rings is 1. The number of halogens is 1. The molecule has 0 saturated heterocycles. The Morgan fingerprint density at radius 2 is 1.94 bits per heavy atom. The summed E-state index contributed by atoms with van der Waals surface area (Å²) in [7, 11) is 1.62. The number of aromatic nitrogens is 6. The summed E-state index contributed by atoms with van der Waals surface area (Å²) in [5.74, 6) is 2.43. The van der Waals surface area contributed by atoms with E-state index >= 15 is 0 Å². The number of fused-ring (bicyclic) bond motifs is 1. The lowest BCUT2D eigenvalue weighted by Gasteiger charge is -2.22. The van der Waals surface area contributed by atoms with E-state index in [-0.39, 0.29) is 5.92 Å². The molecule has 1 aliphatic rings. The van der Waals surface area contributed by atoms with Gasteiger partial charge in [-0.1, -0.05) is 23.7 Å². The Kier molecular flexibility index (Phi) is 5.49. The fourth-order valence-corrected chi connectivity index (χ4v) is 4.18. The maximum Gasteiger partial charge on any atom is 0.238 e. The number of nitrogens with zero attached hydrogens (tertiary/aromatic N) is 6. The van der Waals surface area contributed by atoms with Gasteiger partial charge in [0.2, 0.25) is 5.88 Å². The Balaban J connectivity index is 1.40. The van der Waals surface area contributed by atoms with E-state index in [4.69, 9.17) is 26.4 Å². The molecule has 7 nitrogen and oxygen atoms in total. The van der Waals surface area contributed by atoms with Gasteiger partial charge in [-0.25, -0.2) is 19.6 Å². The maximum absolute atomic E-state index is 6.06. The molecule has 0 N–H and O–H groups in total. The smallest absolute Gasteiger partial charge is 0.238 e. The number of imidazole rings is 1. The van der Waals surface area contributed by atoms with Gasteiger partial charge in [0.1, 0.15) is 11.5 Å². The van der Waals surface area contributed by atoms with Crippen LogP contribution in [0.15, 0.2) is 48.9 Å². The summed E-state index contributed by atoms with van der Waals surface area (Å²) in [6.45, 7) is 2.83. The molecular formula is C24H23ClN6O. The molecule has 0 spiro atoms. The molecule has 0 fully saturated rings. The highest BCUT2D eigenvalue weighted by Gasteiger charge is 2.25. The molecule has 1 aromatic carbocycles. The minimum atomic E-state index is 0.229. The number of benzene rings is 1. The van der Waals surface area contributed by atoms with Crippen LogP contribution >= 0.6 is 11.6 Å². The molecule has 32 heavy (non-hydrogen) atoms. The second-order valence-corrected chi connectivity index (χ2v) is 8.25. The van der Waals surface area contributed by atoms with Crippen LogP contribution in [0, 0.1) is 6.92 Å². The van der Waals surface area contributed by atoms with E-state index in [1.807, 2.05) is 58.8 Å². The van der Waals surface area contributed by atoms with Crippen LogP contribution in [0.5, 0.6) is 5.88 Å². The molecule has 8 heteroatoms. The zero-order chi connectivity index (χ0) is 22.1. The minimum absolute atomic E-state index is 0.229. The average molecular weight is 447 g/mol. The molecule has 1 aliphatic heterocycles. The first-order valence-electron chi connectivity index (χ1n) is 10.5. The summed E-state index contributed by atoms with van der Waals surface area (Å²) in [6.07, 6.45) is 9.61. The molecule has 4 aromatic rings. The van der Waals surface area contributed by atoms with Gasteiger partial charge in [0.05, 0.1) is 24.8 Å². The summed E-state index contributed by atoms with van der Waals surface area (Å²) in [5.41, 5.74) is 3.76. The lowest BCUT2D eigenvalue weighted by atomic mass is 9.91. The number of methoxy groups -OCH3 is 1. The van der Waals surface area contributed by atoms with Crippen molar-refractivity contribution in [2.24, 2.45) is 0 Å². The van der Waals surface area contributed by atoms with Crippen molar-refractivity contribution >= 4 is 23.8 Å². The molecule has 0 bridgehead atoms.